The number of alkyl halides is 4. The Morgan fingerprint density at radius 2 is 0.849 bits per heavy atom. The molecule has 3 saturated heterocycles. The lowest BCUT2D eigenvalue weighted by Gasteiger charge is -2.29. The van der Waals surface area contributed by atoms with Gasteiger partial charge in [-0.1, -0.05) is 49.5 Å². The van der Waals surface area contributed by atoms with Gasteiger partial charge in [0.1, 0.15) is 22.3 Å². The van der Waals surface area contributed by atoms with Crippen LogP contribution in [0, 0.1) is 13.8 Å². The molecule has 32 heteroatoms. The van der Waals surface area contributed by atoms with Crippen LogP contribution in [0.15, 0.2) is 184 Å². The van der Waals surface area contributed by atoms with Gasteiger partial charge in [0, 0.05) is 133 Å². The van der Waals surface area contributed by atoms with Gasteiger partial charge in [0.2, 0.25) is 41.4 Å². The molecular weight excluding hydrogens is 1400 g/mol. The van der Waals surface area contributed by atoms with Crippen LogP contribution < -0.4 is 76.2 Å². The van der Waals surface area contributed by atoms with Crippen molar-refractivity contribution in [3.05, 3.63) is 200 Å². The molecule has 6 heterocycles. The number of carbonyl (C=O) groups is 3. The first kappa shape index (κ1) is 76.3. The first-order valence-corrected chi connectivity index (χ1v) is 33.4. The molecule has 9 aromatic rings. The molecule has 0 saturated carbocycles. The Morgan fingerprint density at radius 1 is 0.472 bits per heavy atom. The maximum absolute atomic E-state index is 13.2. The third-order valence-corrected chi connectivity index (χ3v) is 16.0. The molecule has 0 aliphatic carbocycles. The van der Waals surface area contributed by atoms with Crippen molar-refractivity contribution in [1.29, 1.82) is 0 Å². The summed E-state index contributed by atoms with van der Waals surface area (Å²) in [6.07, 6.45) is 8.23. The van der Waals surface area contributed by atoms with Gasteiger partial charge in [-0.3, -0.25) is 14.4 Å². The van der Waals surface area contributed by atoms with E-state index in [9.17, 15) is 31.9 Å². The van der Waals surface area contributed by atoms with Crippen LogP contribution in [0.25, 0.3) is 0 Å². The van der Waals surface area contributed by atoms with Crippen LogP contribution in [0.1, 0.15) is 11.1 Å². The number of nitrogens with one attached hydrogen (secondary N) is 8. The third kappa shape index (κ3) is 22.3. The molecule has 3 amide bonds. The van der Waals surface area contributed by atoms with Gasteiger partial charge in [0.25, 0.3) is 0 Å². The molecule has 3 aromatic heterocycles. The molecule has 0 unspecified atom stereocenters. The highest BCUT2D eigenvalue weighted by molar-refractivity contribution is 6.33. The second kappa shape index (κ2) is 37.7. The summed E-state index contributed by atoms with van der Waals surface area (Å²) in [5, 5.41) is 23.9. The van der Waals surface area contributed by atoms with Crippen LogP contribution in [0.5, 0.6) is 28.9 Å². The number of aryl methyl sites for hydroxylation is 2. The summed E-state index contributed by atoms with van der Waals surface area (Å²) in [4.78, 5) is 67.2. The summed E-state index contributed by atoms with van der Waals surface area (Å²) in [5.74, 6) is 1.92. The fourth-order valence-electron chi connectivity index (χ4n) is 10.5. The monoisotopic (exact) mass is 1470 g/mol. The Balaban J connectivity index is 0.000000170. The van der Waals surface area contributed by atoms with Crippen molar-refractivity contribution in [3.8, 4) is 28.9 Å². The fraction of sp³-hybridized carbons (Fsp3) is 0.230. The molecule has 3 fully saturated rings. The fourth-order valence-corrected chi connectivity index (χ4v) is 10.6. The lowest BCUT2D eigenvalue weighted by Crippen LogP contribution is -2.36. The number of carbonyl (C=O) groups excluding carboxylic acids is 3. The highest BCUT2D eigenvalue weighted by atomic mass is 35.5. The SMILES string of the molecule is C=CC(=O)Nc1cccc(Nc2nc(Nc3ccc(N4CCOCC4)cc3OC(F)F)ncc2C)c1.C=CC(=O)Nc1cccc(Nc2nc(Nc3ccc(N4CCOCC4)cc3OC)ncc2Cl)c1.C=CC(=O)Nc1cccc(Oc2nc(Nc3ccc(N4CCOCC4)cc3OC(F)F)ncc2C)c1. The maximum Gasteiger partial charge on any atom is 0.387 e. The van der Waals surface area contributed by atoms with Gasteiger partial charge in [-0.15, -0.1) is 0 Å². The average Bonchev–Trinajstić information content (AvgIpc) is 0.827. The number of anilines is 16. The van der Waals surface area contributed by atoms with E-state index in [-0.39, 0.29) is 52.7 Å². The highest BCUT2D eigenvalue weighted by Crippen LogP contribution is 2.38. The quantitative estimate of drug-likeness (QED) is 0.0185. The molecule has 3 aliphatic rings. The number of benzene rings is 6. The van der Waals surface area contributed by atoms with Gasteiger partial charge < -0.3 is 90.4 Å². The van der Waals surface area contributed by atoms with Crippen molar-refractivity contribution in [3.63, 3.8) is 0 Å². The van der Waals surface area contributed by atoms with Crippen molar-refractivity contribution in [2.75, 3.05) is 143 Å². The third-order valence-electron chi connectivity index (χ3n) is 15.7. The minimum Gasteiger partial charge on any atom is -0.494 e. The number of aromatic nitrogens is 6. The van der Waals surface area contributed by atoms with E-state index in [1.807, 2.05) is 53.1 Å². The van der Waals surface area contributed by atoms with Crippen LogP contribution in [-0.4, -0.2) is 147 Å². The van der Waals surface area contributed by atoms with Crippen molar-refractivity contribution >= 4 is 121 Å². The van der Waals surface area contributed by atoms with Crippen molar-refractivity contribution in [2.24, 2.45) is 0 Å². The van der Waals surface area contributed by atoms with Crippen LogP contribution in [-0.2, 0) is 28.6 Å². The maximum atomic E-state index is 13.2. The van der Waals surface area contributed by atoms with Crippen LogP contribution in [0.4, 0.5) is 110 Å². The molecule has 0 spiro atoms. The van der Waals surface area contributed by atoms with E-state index in [0.29, 0.717) is 140 Å². The molecular formula is C74H76ClF4N17O10. The zero-order valence-corrected chi connectivity index (χ0v) is 58.6. The lowest BCUT2D eigenvalue weighted by molar-refractivity contribution is -0.112. The molecule has 552 valence electrons. The van der Waals surface area contributed by atoms with Crippen LogP contribution >= 0.6 is 11.6 Å². The van der Waals surface area contributed by atoms with Gasteiger partial charge in [0.15, 0.2) is 17.3 Å². The van der Waals surface area contributed by atoms with Gasteiger partial charge in [0.05, 0.1) is 70.0 Å². The zero-order chi connectivity index (χ0) is 74.9. The number of hydrogen-bond acceptors (Lipinski definition) is 24. The van der Waals surface area contributed by atoms with Gasteiger partial charge in [-0.2, -0.15) is 32.5 Å². The van der Waals surface area contributed by atoms with Crippen LogP contribution in [0.2, 0.25) is 5.02 Å². The average molecular weight is 1470 g/mol. The predicted octanol–water partition coefficient (Wildman–Crippen LogP) is 14.3. The molecule has 106 heavy (non-hydrogen) atoms. The molecule has 27 nitrogen and oxygen atoms in total. The van der Waals surface area contributed by atoms with Crippen molar-refractivity contribution in [1.82, 2.24) is 29.9 Å². The van der Waals surface area contributed by atoms with Gasteiger partial charge >= 0.3 is 13.2 Å². The van der Waals surface area contributed by atoms with E-state index < -0.39 is 13.2 Å². The predicted molar refractivity (Wildman–Crippen MR) is 401 cm³/mol. The van der Waals surface area contributed by atoms with Gasteiger partial charge in [-0.25, -0.2) is 15.0 Å². The number of amides is 3. The van der Waals surface area contributed by atoms with Gasteiger partial charge in [-0.05, 0) is 117 Å². The Kier molecular flexibility index (Phi) is 27.2. The van der Waals surface area contributed by atoms with Crippen molar-refractivity contribution < 1.29 is 65.1 Å². The normalized spacial score (nSPS) is 13.2. The zero-order valence-electron chi connectivity index (χ0n) is 57.8. The lowest BCUT2D eigenvalue weighted by atomic mass is 10.2. The standard InChI is InChI=1S/C25H26F2N6O3.C25H25F2N5O4.C24H25ClN6O3/c1-3-22(34)29-17-5-4-6-18(13-17)30-23-16(2)15-28-25(32-23)31-20-8-7-19(14-21(20)36-24(26)27)33-9-11-35-12-10-33;1-3-22(33)29-17-5-4-6-19(13-17)35-23-16(2)15-28-25(31-23)30-20-8-7-18(14-21(20)36-24(26)27)32-9-11-34-12-10-32;1-3-22(32)27-16-5-4-6-17(13-16)28-23-19(25)15-26-24(30-23)29-20-8-7-18(14-21(20)33-2)31-9-11-34-12-10-31/h3-8,13-15,24H,1,9-12H2,2H3,(H,29,34)(H2,28,30,31,32);3-8,13-15,24H,1,9-12H2,2H3,(H,29,33)(H,28,30,31);3-8,13-15H,1,9-12H2,2H3,(H,27,32)(H2,26,28,29,30). The summed E-state index contributed by atoms with van der Waals surface area (Å²) in [6.45, 7) is 15.9. The Hall–Kier alpha value is -12.3. The first-order chi connectivity index (χ1) is 51.4. The highest BCUT2D eigenvalue weighted by Gasteiger charge is 2.22. The minimum absolute atomic E-state index is 0.0154. The number of halogens is 5. The second-order valence-electron chi connectivity index (χ2n) is 23.1. The summed E-state index contributed by atoms with van der Waals surface area (Å²) in [7, 11) is 1.62. The van der Waals surface area contributed by atoms with E-state index in [2.05, 4.69) is 97.1 Å². The molecule has 0 radical (unpaired) electrons. The van der Waals surface area contributed by atoms with E-state index >= 15 is 0 Å². The van der Waals surface area contributed by atoms with E-state index in [0.717, 1.165) is 41.4 Å². The minimum atomic E-state index is -3.00. The topological polar surface area (TPSA) is 299 Å². The van der Waals surface area contributed by atoms with E-state index in [1.165, 1.54) is 24.4 Å². The summed E-state index contributed by atoms with van der Waals surface area (Å²) in [5.41, 5.74) is 8.38. The molecule has 12 rings (SSSR count). The summed E-state index contributed by atoms with van der Waals surface area (Å²) >= 11 is 6.32. The number of ether oxygens (including phenoxy) is 7. The molecule has 3 aliphatic heterocycles. The molecule has 0 bridgehead atoms. The van der Waals surface area contributed by atoms with Crippen molar-refractivity contribution in [2.45, 2.75) is 27.1 Å². The number of rotatable bonds is 26. The molecule has 0 atom stereocenters. The first-order valence-electron chi connectivity index (χ1n) is 33.0. The van der Waals surface area contributed by atoms with Crippen LogP contribution in [0.3, 0.4) is 0 Å². The summed E-state index contributed by atoms with van der Waals surface area (Å²) < 4.78 is 89.8. The van der Waals surface area contributed by atoms with E-state index in [1.54, 1.807) is 117 Å². The smallest absolute Gasteiger partial charge is 0.387 e. The number of methoxy groups -OCH3 is 1. The Bertz CT molecular complexity index is 4360. The molecule has 6 aromatic carbocycles. The Morgan fingerprint density at radius 3 is 1.29 bits per heavy atom. The Labute approximate surface area is 613 Å². The number of hydrogen-bond donors (Lipinski definition) is 8. The van der Waals surface area contributed by atoms with E-state index in [4.69, 9.17) is 44.8 Å². The summed E-state index contributed by atoms with van der Waals surface area (Å²) in [6, 6.07) is 37.0. The second-order valence-corrected chi connectivity index (χ2v) is 23.5. The number of morpholine rings is 3. The largest absolute Gasteiger partial charge is 0.494 e. The number of nitrogens with zero attached hydrogens (tertiary/aromatic N) is 9. The molecule has 8 N–H and O–H groups in total.